The molecule has 0 saturated carbocycles. The molecule has 10 heteroatoms. The van der Waals surface area contributed by atoms with Crippen LogP contribution in [0.2, 0.25) is 0 Å². The summed E-state index contributed by atoms with van der Waals surface area (Å²) in [5.74, 6) is -1.21. The van der Waals surface area contributed by atoms with E-state index in [9.17, 15) is 27.5 Å². The van der Waals surface area contributed by atoms with Crippen molar-refractivity contribution in [3.05, 3.63) is 70.3 Å². The fraction of sp³-hybridized carbons (Fsp3) is 0.318. The lowest BCUT2D eigenvalue weighted by molar-refractivity contribution is -0.256. The maximum Gasteiger partial charge on any atom is 0.420 e. The van der Waals surface area contributed by atoms with Crippen molar-refractivity contribution in [1.29, 1.82) is 0 Å². The summed E-state index contributed by atoms with van der Waals surface area (Å²) >= 11 is 0.890. The van der Waals surface area contributed by atoms with Crippen molar-refractivity contribution in [3.63, 3.8) is 0 Å². The number of H-pyrrole nitrogens is 1. The van der Waals surface area contributed by atoms with E-state index >= 15 is 0 Å². The SMILES string of the molecule is CCSC[C@@](O)([C@H](Nc1cccc2[nH]c(=O)ccc12)c1ccc(OC)cc1F)C(F)(F)F. The number of anilines is 1. The molecular formula is C22H22F4N2O3S. The Morgan fingerprint density at radius 1 is 1.19 bits per heavy atom. The van der Waals surface area contributed by atoms with Crippen molar-refractivity contribution in [1.82, 2.24) is 4.98 Å². The van der Waals surface area contributed by atoms with E-state index in [0.717, 1.165) is 23.9 Å². The predicted molar refractivity (Wildman–Crippen MR) is 118 cm³/mol. The molecular weight excluding hydrogens is 448 g/mol. The number of hydrogen-bond acceptors (Lipinski definition) is 5. The third-order valence-corrected chi connectivity index (χ3v) is 6.13. The first-order valence-corrected chi connectivity index (χ1v) is 10.8. The Kier molecular flexibility index (Phi) is 7.04. The number of nitrogens with one attached hydrogen (secondary N) is 2. The van der Waals surface area contributed by atoms with Gasteiger partial charge >= 0.3 is 6.18 Å². The molecule has 0 aliphatic carbocycles. The molecule has 32 heavy (non-hydrogen) atoms. The van der Waals surface area contributed by atoms with Gasteiger partial charge < -0.3 is 20.1 Å². The summed E-state index contributed by atoms with van der Waals surface area (Å²) in [6.07, 6.45) is -5.07. The molecule has 0 fully saturated rings. The molecule has 1 heterocycles. The second-order valence-electron chi connectivity index (χ2n) is 7.11. The third-order valence-electron chi connectivity index (χ3n) is 5.08. The normalized spacial score (nSPS) is 14.7. The molecule has 3 aromatic rings. The maximum absolute atomic E-state index is 14.9. The Bertz CT molecular complexity index is 1150. The number of thioether (sulfide) groups is 1. The number of halogens is 4. The Balaban J connectivity index is 2.20. The summed E-state index contributed by atoms with van der Waals surface area (Å²) in [6.45, 7) is 1.67. The van der Waals surface area contributed by atoms with Crippen LogP contribution in [0.25, 0.3) is 10.9 Å². The molecule has 0 aliphatic rings. The first-order chi connectivity index (χ1) is 15.1. The molecule has 0 saturated heterocycles. The van der Waals surface area contributed by atoms with Gasteiger partial charge in [-0.25, -0.2) is 4.39 Å². The molecule has 0 unspecified atom stereocenters. The van der Waals surface area contributed by atoms with Crippen LogP contribution in [0.4, 0.5) is 23.2 Å². The van der Waals surface area contributed by atoms with Gasteiger partial charge in [0.2, 0.25) is 5.56 Å². The van der Waals surface area contributed by atoms with Crippen molar-refractivity contribution < 1.29 is 27.4 Å². The van der Waals surface area contributed by atoms with Crippen LogP contribution in [0.15, 0.2) is 53.3 Å². The minimum absolute atomic E-state index is 0.131. The standard InChI is InChI=1S/C22H22F4N2O3S/c1-3-32-12-21(30,22(24,25)26)20(14-8-7-13(31-2)11-16(14)23)28-18-6-4-5-17-15(18)9-10-19(29)27-17/h4-11,20,28,30H,3,12H2,1-2H3,(H,27,29)/t20-,21-/m1/s1. The van der Waals surface area contributed by atoms with Crippen LogP contribution in [0.3, 0.4) is 0 Å². The van der Waals surface area contributed by atoms with E-state index in [1.54, 1.807) is 13.0 Å². The molecule has 172 valence electrons. The summed E-state index contributed by atoms with van der Waals surface area (Å²) in [5.41, 5.74) is -3.46. The molecule has 0 radical (unpaired) electrons. The fourth-order valence-corrected chi connectivity index (χ4v) is 4.22. The van der Waals surface area contributed by atoms with Gasteiger partial charge in [-0.05, 0) is 30.0 Å². The highest BCUT2D eigenvalue weighted by Crippen LogP contribution is 2.45. The lowest BCUT2D eigenvalue weighted by Crippen LogP contribution is -2.55. The van der Waals surface area contributed by atoms with E-state index in [-0.39, 0.29) is 22.6 Å². The number of rotatable bonds is 8. The highest BCUT2D eigenvalue weighted by molar-refractivity contribution is 7.99. The molecule has 5 nitrogen and oxygen atoms in total. The highest BCUT2D eigenvalue weighted by Gasteiger charge is 2.59. The van der Waals surface area contributed by atoms with Crippen LogP contribution in [0.5, 0.6) is 5.75 Å². The molecule has 2 atom stereocenters. The number of ether oxygens (including phenoxy) is 1. The minimum atomic E-state index is -5.07. The molecule has 0 bridgehead atoms. The smallest absolute Gasteiger partial charge is 0.420 e. The molecule has 3 rings (SSSR count). The number of aromatic nitrogens is 1. The second kappa shape index (κ2) is 9.41. The van der Waals surface area contributed by atoms with Crippen molar-refractivity contribution in [2.75, 3.05) is 23.9 Å². The van der Waals surface area contributed by atoms with Gasteiger partial charge in [-0.1, -0.05) is 19.1 Å². The number of methoxy groups -OCH3 is 1. The average Bonchev–Trinajstić information content (AvgIpc) is 2.75. The number of aliphatic hydroxyl groups is 1. The van der Waals surface area contributed by atoms with Crippen LogP contribution in [-0.2, 0) is 0 Å². The average molecular weight is 470 g/mol. The summed E-state index contributed by atoms with van der Waals surface area (Å²) in [5, 5.41) is 14.1. The molecule has 1 aromatic heterocycles. The number of alkyl halides is 3. The van der Waals surface area contributed by atoms with E-state index < -0.39 is 29.4 Å². The van der Waals surface area contributed by atoms with E-state index in [1.807, 2.05) is 0 Å². The van der Waals surface area contributed by atoms with Gasteiger partial charge in [-0.2, -0.15) is 24.9 Å². The summed E-state index contributed by atoms with van der Waals surface area (Å²) < 4.78 is 62.5. The van der Waals surface area contributed by atoms with Crippen molar-refractivity contribution in [2.24, 2.45) is 0 Å². The van der Waals surface area contributed by atoms with Crippen LogP contribution >= 0.6 is 11.8 Å². The number of benzene rings is 2. The van der Waals surface area contributed by atoms with Crippen LogP contribution in [0, 0.1) is 5.82 Å². The topological polar surface area (TPSA) is 74.4 Å². The zero-order valence-electron chi connectivity index (χ0n) is 17.3. The monoisotopic (exact) mass is 470 g/mol. The quantitative estimate of drug-likeness (QED) is 0.410. The molecule has 3 N–H and O–H groups in total. The summed E-state index contributed by atoms with van der Waals surface area (Å²) in [7, 11) is 1.31. The Morgan fingerprint density at radius 2 is 1.94 bits per heavy atom. The van der Waals surface area contributed by atoms with Crippen LogP contribution in [-0.4, -0.2) is 40.5 Å². The van der Waals surface area contributed by atoms with E-state index in [2.05, 4.69) is 10.3 Å². The first-order valence-electron chi connectivity index (χ1n) is 9.69. The Hall–Kier alpha value is -2.72. The zero-order chi connectivity index (χ0) is 23.5. The second-order valence-corrected chi connectivity index (χ2v) is 8.39. The van der Waals surface area contributed by atoms with Gasteiger partial charge in [-0.3, -0.25) is 4.79 Å². The van der Waals surface area contributed by atoms with Gasteiger partial charge in [0.1, 0.15) is 11.6 Å². The number of pyridine rings is 1. The van der Waals surface area contributed by atoms with E-state index in [1.165, 1.54) is 37.4 Å². The number of fused-ring (bicyclic) bond motifs is 1. The maximum atomic E-state index is 14.9. The van der Waals surface area contributed by atoms with E-state index in [0.29, 0.717) is 16.7 Å². The highest BCUT2D eigenvalue weighted by atomic mass is 32.2. The lowest BCUT2D eigenvalue weighted by atomic mass is 9.88. The Labute approximate surface area is 185 Å². The van der Waals surface area contributed by atoms with E-state index in [4.69, 9.17) is 4.74 Å². The fourth-order valence-electron chi connectivity index (χ4n) is 3.38. The van der Waals surface area contributed by atoms with Gasteiger partial charge in [0, 0.05) is 34.5 Å². The number of hydrogen-bond donors (Lipinski definition) is 3. The van der Waals surface area contributed by atoms with Crippen molar-refractivity contribution in [3.8, 4) is 5.75 Å². The first kappa shape index (κ1) is 23.9. The van der Waals surface area contributed by atoms with Crippen LogP contribution < -0.4 is 15.6 Å². The van der Waals surface area contributed by atoms with Gasteiger partial charge in [0.15, 0.2) is 5.60 Å². The van der Waals surface area contributed by atoms with Gasteiger partial charge in [0.25, 0.3) is 0 Å². The number of aromatic amines is 1. The lowest BCUT2D eigenvalue weighted by Gasteiger charge is -2.39. The Morgan fingerprint density at radius 3 is 2.56 bits per heavy atom. The van der Waals surface area contributed by atoms with Crippen molar-refractivity contribution >= 4 is 28.4 Å². The molecule has 2 aromatic carbocycles. The van der Waals surface area contributed by atoms with Gasteiger partial charge in [-0.15, -0.1) is 0 Å². The van der Waals surface area contributed by atoms with Gasteiger partial charge in [0.05, 0.1) is 18.7 Å². The zero-order valence-corrected chi connectivity index (χ0v) is 18.1. The van der Waals surface area contributed by atoms with Crippen LogP contribution in [0.1, 0.15) is 18.5 Å². The minimum Gasteiger partial charge on any atom is -0.497 e. The largest absolute Gasteiger partial charge is 0.497 e. The summed E-state index contributed by atoms with van der Waals surface area (Å²) in [4.78, 5) is 14.2. The molecule has 0 aliphatic heterocycles. The van der Waals surface area contributed by atoms with Crippen molar-refractivity contribution in [2.45, 2.75) is 24.7 Å². The summed E-state index contributed by atoms with van der Waals surface area (Å²) in [6, 6.07) is 8.88. The molecule has 0 amide bonds. The predicted octanol–water partition coefficient (Wildman–Crippen LogP) is 4.88. The third kappa shape index (κ3) is 4.71. The molecule has 0 spiro atoms.